The largest absolute Gasteiger partial charge is 0.314 e. The Hall–Kier alpha value is -1.38. The molecule has 106 valence electrons. The second-order valence-corrected chi connectivity index (χ2v) is 5.91. The minimum atomic E-state index is 0.644. The lowest BCUT2D eigenvalue weighted by molar-refractivity contribution is 0.230. The molecule has 1 fully saturated rings. The Morgan fingerprint density at radius 2 is 1.95 bits per heavy atom. The molecular weight excluding hydrogens is 244 g/mol. The van der Waals surface area contributed by atoms with Gasteiger partial charge in [-0.25, -0.2) is 0 Å². The first-order chi connectivity index (χ1) is 9.83. The van der Waals surface area contributed by atoms with Crippen molar-refractivity contribution in [2.75, 3.05) is 19.6 Å². The maximum atomic E-state index is 3.57. The van der Waals surface area contributed by atoms with E-state index in [4.69, 9.17) is 0 Å². The van der Waals surface area contributed by atoms with Crippen LogP contribution in [0.5, 0.6) is 0 Å². The molecule has 2 aromatic rings. The molecule has 3 rings (SSSR count). The zero-order chi connectivity index (χ0) is 13.8. The van der Waals surface area contributed by atoms with Crippen molar-refractivity contribution < 1.29 is 0 Å². The van der Waals surface area contributed by atoms with Crippen LogP contribution in [0.25, 0.3) is 10.8 Å². The second-order valence-electron chi connectivity index (χ2n) is 5.91. The molecule has 1 aliphatic rings. The van der Waals surface area contributed by atoms with Crippen molar-refractivity contribution in [2.45, 2.75) is 32.4 Å². The zero-order valence-electron chi connectivity index (χ0n) is 12.3. The number of hydrogen-bond acceptors (Lipinski definition) is 2. The molecule has 0 aliphatic carbocycles. The van der Waals surface area contributed by atoms with E-state index in [1.807, 2.05) is 0 Å². The topological polar surface area (TPSA) is 15.3 Å². The molecule has 0 aromatic heterocycles. The summed E-state index contributed by atoms with van der Waals surface area (Å²) >= 11 is 0. The molecule has 2 heteroatoms. The van der Waals surface area contributed by atoms with E-state index in [1.165, 1.54) is 42.3 Å². The van der Waals surface area contributed by atoms with Gasteiger partial charge in [0.25, 0.3) is 0 Å². The van der Waals surface area contributed by atoms with Gasteiger partial charge in [0, 0.05) is 12.6 Å². The van der Waals surface area contributed by atoms with Gasteiger partial charge in [0.05, 0.1) is 0 Å². The molecule has 0 bridgehead atoms. The highest BCUT2D eigenvalue weighted by atomic mass is 15.1. The zero-order valence-corrected chi connectivity index (χ0v) is 12.3. The lowest BCUT2D eigenvalue weighted by Crippen LogP contribution is -2.38. The lowest BCUT2D eigenvalue weighted by Gasteiger charge is -2.28. The molecule has 2 nitrogen and oxygen atoms in total. The molecular formula is C18H24N2. The Labute approximate surface area is 121 Å². The van der Waals surface area contributed by atoms with Gasteiger partial charge in [-0.2, -0.15) is 0 Å². The van der Waals surface area contributed by atoms with Gasteiger partial charge in [0.2, 0.25) is 0 Å². The Balaban J connectivity index is 1.78. The number of benzene rings is 2. The highest BCUT2D eigenvalue weighted by Crippen LogP contribution is 2.20. The van der Waals surface area contributed by atoms with Gasteiger partial charge < -0.3 is 5.32 Å². The summed E-state index contributed by atoms with van der Waals surface area (Å²) in [7, 11) is 0. The SMILES string of the molecule is CC1CCN(Cc2cccc3ccccc23)CCCN1. The molecule has 0 amide bonds. The molecule has 1 saturated heterocycles. The average molecular weight is 268 g/mol. The Morgan fingerprint density at radius 1 is 1.10 bits per heavy atom. The second kappa shape index (κ2) is 6.38. The minimum absolute atomic E-state index is 0.644. The Kier molecular flexibility index (Phi) is 4.34. The standard InChI is InChI=1S/C18H24N2/c1-15-10-13-20(12-5-11-19-15)14-17-8-4-7-16-6-2-3-9-18(16)17/h2-4,6-9,15,19H,5,10-14H2,1H3. The van der Waals surface area contributed by atoms with E-state index in [2.05, 4.69) is 59.6 Å². The van der Waals surface area contributed by atoms with Crippen molar-refractivity contribution in [3.63, 3.8) is 0 Å². The quantitative estimate of drug-likeness (QED) is 0.898. The van der Waals surface area contributed by atoms with E-state index < -0.39 is 0 Å². The predicted octanol–water partition coefficient (Wildman–Crippen LogP) is 3.41. The van der Waals surface area contributed by atoms with Crippen LogP contribution in [-0.2, 0) is 6.54 Å². The highest BCUT2D eigenvalue weighted by Gasteiger charge is 2.12. The molecule has 1 N–H and O–H groups in total. The summed E-state index contributed by atoms with van der Waals surface area (Å²) in [6.07, 6.45) is 2.49. The van der Waals surface area contributed by atoms with Crippen LogP contribution in [-0.4, -0.2) is 30.6 Å². The summed E-state index contributed by atoms with van der Waals surface area (Å²) in [5.74, 6) is 0. The third kappa shape index (κ3) is 3.20. The molecule has 2 aromatic carbocycles. The van der Waals surface area contributed by atoms with Crippen LogP contribution in [0.4, 0.5) is 0 Å². The molecule has 0 spiro atoms. The smallest absolute Gasteiger partial charge is 0.0239 e. The average Bonchev–Trinajstić information content (AvgIpc) is 2.47. The number of nitrogens with zero attached hydrogens (tertiary/aromatic N) is 1. The molecule has 0 saturated carbocycles. The van der Waals surface area contributed by atoms with Gasteiger partial charge in [0.15, 0.2) is 0 Å². The van der Waals surface area contributed by atoms with Crippen molar-refractivity contribution in [2.24, 2.45) is 0 Å². The third-order valence-corrected chi connectivity index (χ3v) is 4.30. The van der Waals surface area contributed by atoms with Crippen molar-refractivity contribution in [3.8, 4) is 0 Å². The summed E-state index contributed by atoms with van der Waals surface area (Å²) in [6, 6.07) is 16.0. The van der Waals surface area contributed by atoms with Crippen molar-refractivity contribution in [1.29, 1.82) is 0 Å². The van der Waals surface area contributed by atoms with Gasteiger partial charge in [-0.05, 0) is 55.7 Å². The van der Waals surface area contributed by atoms with E-state index in [9.17, 15) is 0 Å². The Morgan fingerprint density at radius 3 is 2.90 bits per heavy atom. The summed E-state index contributed by atoms with van der Waals surface area (Å²) in [5, 5.41) is 6.33. The van der Waals surface area contributed by atoms with Gasteiger partial charge in [0.1, 0.15) is 0 Å². The van der Waals surface area contributed by atoms with Crippen LogP contribution in [0.3, 0.4) is 0 Å². The summed E-state index contributed by atoms with van der Waals surface area (Å²) in [5.41, 5.74) is 1.46. The van der Waals surface area contributed by atoms with Crippen molar-refractivity contribution in [1.82, 2.24) is 10.2 Å². The first kappa shape index (κ1) is 13.6. The first-order valence-electron chi connectivity index (χ1n) is 7.75. The monoisotopic (exact) mass is 268 g/mol. The third-order valence-electron chi connectivity index (χ3n) is 4.30. The number of nitrogens with one attached hydrogen (secondary N) is 1. The molecule has 1 aliphatic heterocycles. The van der Waals surface area contributed by atoms with E-state index in [1.54, 1.807) is 0 Å². The van der Waals surface area contributed by atoms with E-state index >= 15 is 0 Å². The van der Waals surface area contributed by atoms with Crippen molar-refractivity contribution in [3.05, 3.63) is 48.0 Å². The predicted molar refractivity (Wildman–Crippen MR) is 85.9 cm³/mol. The van der Waals surface area contributed by atoms with Crippen LogP contribution in [0.15, 0.2) is 42.5 Å². The van der Waals surface area contributed by atoms with E-state index in [0.29, 0.717) is 6.04 Å². The van der Waals surface area contributed by atoms with E-state index in [0.717, 1.165) is 13.1 Å². The number of rotatable bonds is 2. The number of fused-ring (bicyclic) bond motifs is 1. The summed E-state index contributed by atoms with van der Waals surface area (Å²) < 4.78 is 0. The molecule has 1 unspecified atom stereocenters. The van der Waals surface area contributed by atoms with Crippen LogP contribution in [0.2, 0.25) is 0 Å². The first-order valence-corrected chi connectivity index (χ1v) is 7.75. The fraction of sp³-hybridized carbons (Fsp3) is 0.444. The van der Waals surface area contributed by atoms with Gasteiger partial charge >= 0.3 is 0 Å². The van der Waals surface area contributed by atoms with Gasteiger partial charge in [-0.15, -0.1) is 0 Å². The lowest BCUT2D eigenvalue weighted by atomic mass is 10.0. The van der Waals surface area contributed by atoms with Crippen LogP contribution in [0, 0.1) is 0 Å². The fourth-order valence-corrected chi connectivity index (χ4v) is 3.07. The molecule has 1 heterocycles. The van der Waals surface area contributed by atoms with Crippen LogP contribution >= 0.6 is 0 Å². The fourth-order valence-electron chi connectivity index (χ4n) is 3.07. The maximum Gasteiger partial charge on any atom is 0.0239 e. The normalized spacial score (nSPS) is 21.6. The number of hydrogen-bond donors (Lipinski definition) is 1. The Bertz CT molecular complexity index is 559. The van der Waals surface area contributed by atoms with Crippen LogP contribution < -0.4 is 5.32 Å². The maximum absolute atomic E-state index is 3.57. The summed E-state index contributed by atoms with van der Waals surface area (Å²) in [6.45, 7) is 6.91. The van der Waals surface area contributed by atoms with Crippen LogP contribution in [0.1, 0.15) is 25.3 Å². The molecule has 20 heavy (non-hydrogen) atoms. The highest BCUT2D eigenvalue weighted by molar-refractivity contribution is 5.85. The van der Waals surface area contributed by atoms with Gasteiger partial charge in [-0.3, -0.25) is 4.90 Å². The molecule has 0 radical (unpaired) electrons. The molecule has 1 atom stereocenters. The summed E-state index contributed by atoms with van der Waals surface area (Å²) in [4.78, 5) is 2.61. The van der Waals surface area contributed by atoms with Crippen molar-refractivity contribution >= 4 is 10.8 Å². The van der Waals surface area contributed by atoms with Gasteiger partial charge in [-0.1, -0.05) is 42.5 Å². The van der Waals surface area contributed by atoms with E-state index in [-0.39, 0.29) is 0 Å². The minimum Gasteiger partial charge on any atom is -0.314 e.